The van der Waals surface area contributed by atoms with E-state index < -0.39 is 4.92 Å². The van der Waals surface area contributed by atoms with E-state index in [9.17, 15) is 14.9 Å². The Bertz CT molecular complexity index is 744. The lowest BCUT2D eigenvalue weighted by atomic mass is 10.1. The number of nitrogens with zero attached hydrogens (tertiary/aromatic N) is 1. The van der Waals surface area contributed by atoms with Crippen LogP contribution in [0.2, 0.25) is 0 Å². The maximum Gasteiger partial charge on any atom is 0.293 e. The smallest absolute Gasteiger partial charge is 0.293 e. The maximum atomic E-state index is 12.3. The molecule has 0 unspecified atom stereocenters. The first-order valence-electron chi connectivity index (χ1n) is 7.86. The number of nitro benzene ring substituents is 1. The average Bonchev–Trinajstić information content (AvgIpc) is 2.61. The van der Waals surface area contributed by atoms with Crippen LogP contribution in [-0.4, -0.2) is 31.1 Å². The number of carbonyl (C=O) groups is 1. The first kappa shape index (κ1) is 18.4. The van der Waals surface area contributed by atoms with Gasteiger partial charge in [-0.3, -0.25) is 14.9 Å². The minimum Gasteiger partial charge on any atom is -0.383 e. The van der Waals surface area contributed by atoms with Crippen molar-refractivity contribution < 1.29 is 14.5 Å². The number of aryl methyl sites for hydroxylation is 1. The molecule has 7 nitrogen and oxygen atoms in total. The molecular formula is C18H21N3O4. The molecule has 0 aliphatic carbocycles. The normalized spacial score (nSPS) is 10.3. The summed E-state index contributed by atoms with van der Waals surface area (Å²) in [6.07, 6.45) is 0. The zero-order valence-electron chi connectivity index (χ0n) is 14.2. The summed E-state index contributed by atoms with van der Waals surface area (Å²) < 4.78 is 4.91. The summed E-state index contributed by atoms with van der Waals surface area (Å²) in [7, 11) is 1.55. The van der Waals surface area contributed by atoms with Crippen molar-refractivity contribution in [2.45, 2.75) is 13.5 Å². The molecule has 0 fully saturated rings. The van der Waals surface area contributed by atoms with Gasteiger partial charge in [-0.05, 0) is 24.6 Å². The molecule has 0 saturated heterocycles. The van der Waals surface area contributed by atoms with Crippen LogP contribution in [0.1, 0.15) is 21.5 Å². The fourth-order valence-corrected chi connectivity index (χ4v) is 2.25. The summed E-state index contributed by atoms with van der Waals surface area (Å²) in [5.41, 5.74) is 2.57. The van der Waals surface area contributed by atoms with Gasteiger partial charge in [-0.1, -0.05) is 29.8 Å². The van der Waals surface area contributed by atoms with Crippen molar-refractivity contribution in [2.24, 2.45) is 0 Å². The molecule has 0 aliphatic rings. The van der Waals surface area contributed by atoms with Crippen LogP contribution in [0.3, 0.4) is 0 Å². The fourth-order valence-electron chi connectivity index (χ4n) is 2.25. The topological polar surface area (TPSA) is 93.5 Å². The predicted octanol–water partition coefficient (Wildman–Crippen LogP) is 2.89. The number of anilines is 1. The van der Waals surface area contributed by atoms with Crippen LogP contribution in [0, 0.1) is 17.0 Å². The lowest BCUT2D eigenvalue weighted by Gasteiger charge is -2.09. The van der Waals surface area contributed by atoms with Crippen LogP contribution >= 0.6 is 0 Å². The number of ether oxygens (including phenoxy) is 1. The van der Waals surface area contributed by atoms with Crippen LogP contribution in [0.5, 0.6) is 0 Å². The predicted molar refractivity (Wildman–Crippen MR) is 95.8 cm³/mol. The van der Waals surface area contributed by atoms with Gasteiger partial charge < -0.3 is 15.4 Å². The molecule has 2 rings (SSSR count). The summed E-state index contributed by atoms with van der Waals surface area (Å²) in [6, 6.07) is 12.2. The Morgan fingerprint density at radius 3 is 2.56 bits per heavy atom. The molecule has 132 valence electrons. The molecule has 7 heteroatoms. The summed E-state index contributed by atoms with van der Waals surface area (Å²) in [4.78, 5) is 23.0. The molecule has 0 heterocycles. The van der Waals surface area contributed by atoms with Gasteiger partial charge in [0.1, 0.15) is 5.69 Å². The molecular weight excluding hydrogens is 322 g/mol. The molecule has 0 radical (unpaired) electrons. The quantitative estimate of drug-likeness (QED) is 0.437. The second kappa shape index (κ2) is 8.79. The van der Waals surface area contributed by atoms with Gasteiger partial charge >= 0.3 is 0 Å². The first-order chi connectivity index (χ1) is 12.0. The number of hydrogen-bond acceptors (Lipinski definition) is 5. The van der Waals surface area contributed by atoms with Gasteiger partial charge in [0.05, 0.1) is 11.5 Å². The molecule has 2 aromatic rings. The SMILES string of the molecule is COCCNc1ccc(C(=O)NCc2ccc(C)cc2)cc1[N+](=O)[O-]. The third-order valence-electron chi connectivity index (χ3n) is 3.65. The van der Waals surface area contributed by atoms with Gasteiger partial charge in [-0.15, -0.1) is 0 Å². The zero-order valence-corrected chi connectivity index (χ0v) is 14.2. The van der Waals surface area contributed by atoms with E-state index in [0.29, 0.717) is 25.4 Å². The van der Waals surface area contributed by atoms with E-state index in [0.717, 1.165) is 11.1 Å². The number of nitro groups is 1. The average molecular weight is 343 g/mol. The molecule has 0 atom stereocenters. The van der Waals surface area contributed by atoms with E-state index in [1.807, 2.05) is 31.2 Å². The van der Waals surface area contributed by atoms with Crippen molar-refractivity contribution in [1.82, 2.24) is 5.32 Å². The third kappa shape index (κ3) is 5.29. The highest BCUT2D eigenvalue weighted by atomic mass is 16.6. The lowest BCUT2D eigenvalue weighted by molar-refractivity contribution is -0.384. The van der Waals surface area contributed by atoms with Crippen molar-refractivity contribution >= 4 is 17.3 Å². The van der Waals surface area contributed by atoms with E-state index in [4.69, 9.17) is 4.74 Å². The van der Waals surface area contributed by atoms with Crippen LogP contribution in [0.25, 0.3) is 0 Å². The summed E-state index contributed by atoms with van der Waals surface area (Å²) in [5.74, 6) is -0.355. The Kier molecular flexibility index (Phi) is 6.47. The van der Waals surface area contributed by atoms with E-state index in [2.05, 4.69) is 10.6 Å². The minimum absolute atomic E-state index is 0.140. The number of hydrogen-bond donors (Lipinski definition) is 2. The van der Waals surface area contributed by atoms with Gasteiger partial charge in [0.2, 0.25) is 0 Å². The molecule has 2 N–H and O–H groups in total. The fraction of sp³-hybridized carbons (Fsp3) is 0.278. The third-order valence-corrected chi connectivity index (χ3v) is 3.65. The Labute approximate surface area is 146 Å². The molecule has 1 amide bonds. The standard InChI is InChI=1S/C18H21N3O4/c1-13-3-5-14(6-4-13)12-20-18(22)15-7-8-16(19-9-10-25-2)17(11-15)21(23)24/h3-8,11,19H,9-10,12H2,1-2H3,(H,20,22). The highest BCUT2D eigenvalue weighted by molar-refractivity contribution is 5.95. The Morgan fingerprint density at radius 1 is 1.20 bits per heavy atom. The number of methoxy groups -OCH3 is 1. The van der Waals surface area contributed by atoms with Crippen LogP contribution < -0.4 is 10.6 Å². The van der Waals surface area contributed by atoms with E-state index in [-0.39, 0.29) is 17.2 Å². The van der Waals surface area contributed by atoms with Crippen molar-refractivity contribution in [3.63, 3.8) is 0 Å². The second-order valence-corrected chi connectivity index (χ2v) is 5.58. The number of amides is 1. The monoisotopic (exact) mass is 343 g/mol. The van der Waals surface area contributed by atoms with Crippen molar-refractivity contribution in [2.75, 3.05) is 25.6 Å². The molecule has 25 heavy (non-hydrogen) atoms. The van der Waals surface area contributed by atoms with Crippen molar-refractivity contribution in [3.8, 4) is 0 Å². The highest BCUT2D eigenvalue weighted by Crippen LogP contribution is 2.25. The number of carbonyl (C=O) groups excluding carboxylic acids is 1. The van der Waals surface area contributed by atoms with Crippen LogP contribution in [0.15, 0.2) is 42.5 Å². The number of rotatable bonds is 8. The molecule has 0 aliphatic heterocycles. The second-order valence-electron chi connectivity index (χ2n) is 5.58. The number of benzene rings is 2. The van der Waals surface area contributed by atoms with E-state index in [1.54, 1.807) is 13.2 Å². The lowest BCUT2D eigenvalue weighted by Crippen LogP contribution is -2.23. The Morgan fingerprint density at radius 2 is 1.92 bits per heavy atom. The highest BCUT2D eigenvalue weighted by Gasteiger charge is 2.17. The summed E-state index contributed by atoms with van der Waals surface area (Å²) in [5, 5.41) is 16.9. The van der Waals surface area contributed by atoms with E-state index >= 15 is 0 Å². The van der Waals surface area contributed by atoms with Gasteiger partial charge in [-0.2, -0.15) is 0 Å². The molecule has 0 saturated carbocycles. The van der Waals surface area contributed by atoms with Crippen LogP contribution in [-0.2, 0) is 11.3 Å². The van der Waals surface area contributed by atoms with Gasteiger partial charge in [0, 0.05) is 31.8 Å². The van der Waals surface area contributed by atoms with Crippen LogP contribution in [0.4, 0.5) is 11.4 Å². The summed E-state index contributed by atoms with van der Waals surface area (Å²) in [6.45, 7) is 3.22. The molecule has 0 spiro atoms. The van der Waals surface area contributed by atoms with Crippen molar-refractivity contribution in [1.29, 1.82) is 0 Å². The molecule has 0 bridgehead atoms. The zero-order chi connectivity index (χ0) is 18.2. The Hall–Kier alpha value is -2.93. The van der Waals surface area contributed by atoms with E-state index in [1.165, 1.54) is 12.1 Å². The summed E-state index contributed by atoms with van der Waals surface area (Å²) >= 11 is 0. The molecule has 0 aromatic heterocycles. The largest absolute Gasteiger partial charge is 0.383 e. The maximum absolute atomic E-state index is 12.3. The van der Waals surface area contributed by atoms with Gasteiger partial charge in [0.15, 0.2) is 0 Å². The first-order valence-corrected chi connectivity index (χ1v) is 7.86. The minimum atomic E-state index is -0.508. The van der Waals surface area contributed by atoms with Gasteiger partial charge in [-0.25, -0.2) is 0 Å². The Balaban J connectivity index is 2.07. The number of nitrogens with one attached hydrogen (secondary N) is 2. The van der Waals surface area contributed by atoms with Crippen molar-refractivity contribution in [3.05, 3.63) is 69.3 Å². The van der Waals surface area contributed by atoms with Gasteiger partial charge in [0.25, 0.3) is 11.6 Å². The molecule has 2 aromatic carbocycles.